The fourth-order valence-corrected chi connectivity index (χ4v) is 3.97. The molecule has 86 valence electrons. The van der Waals surface area contributed by atoms with E-state index >= 15 is 0 Å². The maximum absolute atomic E-state index is 4.53. The number of nitrogens with zero attached hydrogens (tertiary/aromatic N) is 2. The quantitative estimate of drug-likeness (QED) is 0.822. The molecule has 0 aromatic carbocycles. The fourth-order valence-electron chi connectivity index (χ4n) is 3.97. The van der Waals surface area contributed by atoms with Crippen molar-refractivity contribution in [3.05, 3.63) is 17.0 Å². The van der Waals surface area contributed by atoms with Gasteiger partial charge in [0.1, 0.15) is 0 Å². The van der Waals surface area contributed by atoms with Crippen molar-refractivity contribution in [2.24, 2.45) is 0 Å². The Morgan fingerprint density at radius 3 is 2.62 bits per heavy atom. The van der Waals surface area contributed by atoms with Crippen LogP contribution in [0.3, 0.4) is 0 Å². The van der Waals surface area contributed by atoms with Gasteiger partial charge >= 0.3 is 0 Å². The number of aromatic nitrogens is 2. The van der Waals surface area contributed by atoms with Crippen molar-refractivity contribution in [2.75, 3.05) is 0 Å². The Morgan fingerprint density at radius 1 is 1.12 bits per heavy atom. The first-order chi connectivity index (χ1) is 7.92. The largest absolute Gasteiger partial charge is 0.292 e. The Bertz CT molecular complexity index is 389. The van der Waals surface area contributed by atoms with E-state index in [2.05, 4.69) is 15.1 Å². The van der Waals surface area contributed by atoms with Gasteiger partial charge in [0.25, 0.3) is 0 Å². The van der Waals surface area contributed by atoms with E-state index in [1.807, 2.05) is 0 Å². The Labute approximate surface area is 96.2 Å². The Balaban J connectivity index is 1.58. The third-order valence-corrected chi connectivity index (χ3v) is 4.83. The molecular weight excluding hydrogens is 198 g/mol. The monoisotopic (exact) mass is 217 g/mol. The lowest BCUT2D eigenvalue weighted by Crippen LogP contribution is -2.28. The van der Waals surface area contributed by atoms with E-state index in [1.54, 1.807) is 5.56 Å². The number of H-pyrrole nitrogens is 1. The molecule has 2 bridgehead atoms. The fraction of sp³-hybridized carbons (Fsp3) is 0.769. The highest BCUT2D eigenvalue weighted by molar-refractivity contribution is 5.29. The maximum atomic E-state index is 4.53. The number of hydrogen-bond acceptors (Lipinski definition) is 2. The second-order valence-electron chi connectivity index (χ2n) is 5.62. The molecular formula is C13H19N3. The van der Waals surface area contributed by atoms with Gasteiger partial charge in [-0.05, 0) is 50.5 Å². The second-order valence-corrected chi connectivity index (χ2v) is 5.62. The first kappa shape index (κ1) is 9.23. The summed E-state index contributed by atoms with van der Waals surface area (Å²) in [5.74, 6) is 0. The second kappa shape index (κ2) is 3.33. The van der Waals surface area contributed by atoms with Crippen LogP contribution in [0.25, 0.3) is 0 Å². The van der Waals surface area contributed by atoms with Crippen molar-refractivity contribution in [2.45, 2.75) is 63.6 Å². The summed E-state index contributed by atoms with van der Waals surface area (Å²) in [7, 11) is 0. The van der Waals surface area contributed by atoms with E-state index in [-0.39, 0.29) is 0 Å². The van der Waals surface area contributed by atoms with Gasteiger partial charge in [-0.3, -0.25) is 10.00 Å². The van der Waals surface area contributed by atoms with Crippen LogP contribution >= 0.6 is 0 Å². The third kappa shape index (κ3) is 1.21. The molecule has 1 aromatic rings. The molecule has 3 heteroatoms. The molecule has 0 spiro atoms. The summed E-state index contributed by atoms with van der Waals surface area (Å²) in [6, 6.07) is 1.75. The predicted octanol–water partition coefficient (Wildman–Crippen LogP) is 2.03. The van der Waals surface area contributed by atoms with Gasteiger partial charge in [-0.25, -0.2) is 0 Å². The molecule has 4 rings (SSSR count). The molecule has 3 heterocycles. The SMILES string of the molecule is C1Cc2[nH]nc(CN3C4CCC3CC4)c2C1. The van der Waals surface area contributed by atoms with Gasteiger partial charge in [-0.2, -0.15) is 5.10 Å². The average molecular weight is 217 g/mol. The van der Waals surface area contributed by atoms with Crippen LogP contribution in [-0.2, 0) is 19.4 Å². The summed E-state index contributed by atoms with van der Waals surface area (Å²) in [5, 5.41) is 7.76. The summed E-state index contributed by atoms with van der Waals surface area (Å²) in [4.78, 5) is 2.72. The number of aryl methyl sites for hydroxylation is 1. The molecule has 2 saturated heterocycles. The molecule has 1 aromatic heterocycles. The Morgan fingerprint density at radius 2 is 1.88 bits per heavy atom. The molecule has 16 heavy (non-hydrogen) atoms. The van der Waals surface area contributed by atoms with Gasteiger partial charge in [0, 0.05) is 24.3 Å². The van der Waals surface area contributed by atoms with Crippen molar-refractivity contribution < 1.29 is 0 Å². The van der Waals surface area contributed by atoms with Crippen LogP contribution in [-0.4, -0.2) is 27.2 Å². The first-order valence-electron chi connectivity index (χ1n) is 6.72. The first-order valence-corrected chi connectivity index (χ1v) is 6.72. The molecule has 0 amide bonds. The summed E-state index contributed by atoms with van der Waals surface area (Å²) in [6.07, 6.45) is 9.51. The molecule has 2 fully saturated rings. The summed E-state index contributed by atoms with van der Waals surface area (Å²) in [6.45, 7) is 1.11. The van der Waals surface area contributed by atoms with E-state index < -0.39 is 0 Å². The minimum atomic E-state index is 0.874. The lowest BCUT2D eigenvalue weighted by atomic mass is 10.0. The van der Waals surface area contributed by atoms with Crippen LogP contribution in [0.4, 0.5) is 0 Å². The molecule has 1 aliphatic carbocycles. The van der Waals surface area contributed by atoms with Crippen molar-refractivity contribution in [1.82, 2.24) is 15.1 Å². The molecule has 3 nitrogen and oxygen atoms in total. The van der Waals surface area contributed by atoms with Crippen LogP contribution in [0.2, 0.25) is 0 Å². The number of fused-ring (bicyclic) bond motifs is 3. The topological polar surface area (TPSA) is 31.9 Å². The van der Waals surface area contributed by atoms with Crippen molar-refractivity contribution in [3.8, 4) is 0 Å². The van der Waals surface area contributed by atoms with E-state index in [9.17, 15) is 0 Å². The zero-order valence-electron chi connectivity index (χ0n) is 9.71. The molecule has 2 aliphatic heterocycles. The highest BCUT2D eigenvalue weighted by atomic mass is 15.3. The van der Waals surface area contributed by atoms with E-state index in [0.717, 1.165) is 18.6 Å². The van der Waals surface area contributed by atoms with Crippen molar-refractivity contribution in [3.63, 3.8) is 0 Å². The van der Waals surface area contributed by atoms with E-state index in [1.165, 1.54) is 56.3 Å². The third-order valence-electron chi connectivity index (χ3n) is 4.83. The van der Waals surface area contributed by atoms with Gasteiger partial charge in [-0.15, -0.1) is 0 Å². The van der Waals surface area contributed by atoms with Gasteiger partial charge < -0.3 is 0 Å². The molecule has 1 N–H and O–H groups in total. The zero-order chi connectivity index (χ0) is 10.5. The van der Waals surface area contributed by atoms with E-state index in [4.69, 9.17) is 0 Å². The molecule has 3 aliphatic rings. The lowest BCUT2D eigenvalue weighted by molar-refractivity contribution is 0.240. The van der Waals surface area contributed by atoms with Crippen LogP contribution in [0.15, 0.2) is 0 Å². The standard InChI is InChI=1S/C13H19N3/c1-2-11-12(3-1)14-15-13(11)8-16-9-4-5-10(16)7-6-9/h9-10H,1-8H2,(H,14,15). The molecule has 0 unspecified atom stereocenters. The van der Waals surface area contributed by atoms with Crippen LogP contribution in [0, 0.1) is 0 Å². The van der Waals surface area contributed by atoms with Gasteiger partial charge in [0.2, 0.25) is 0 Å². The Hall–Kier alpha value is -0.830. The number of rotatable bonds is 2. The number of aromatic amines is 1. The van der Waals surface area contributed by atoms with E-state index in [0.29, 0.717) is 0 Å². The molecule has 0 saturated carbocycles. The smallest absolute Gasteiger partial charge is 0.0797 e. The van der Waals surface area contributed by atoms with Gasteiger partial charge in [0.15, 0.2) is 0 Å². The summed E-state index contributed by atoms with van der Waals surface area (Å²) < 4.78 is 0. The van der Waals surface area contributed by atoms with Gasteiger partial charge in [0.05, 0.1) is 5.69 Å². The number of hydrogen-bond donors (Lipinski definition) is 1. The van der Waals surface area contributed by atoms with Crippen LogP contribution in [0.1, 0.15) is 49.1 Å². The minimum absolute atomic E-state index is 0.874. The average Bonchev–Trinajstić information content (AvgIpc) is 3.03. The normalized spacial score (nSPS) is 32.5. The summed E-state index contributed by atoms with van der Waals surface area (Å²) in [5.41, 5.74) is 4.32. The summed E-state index contributed by atoms with van der Waals surface area (Å²) >= 11 is 0. The van der Waals surface area contributed by atoms with Crippen molar-refractivity contribution >= 4 is 0 Å². The maximum Gasteiger partial charge on any atom is 0.0797 e. The van der Waals surface area contributed by atoms with Crippen molar-refractivity contribution in [1.29, 1.82) is 0 Å². The minimum Gasteiger partial charge on any atom is -0.292 e. The Kier molecular flexibility index (Phi) is 1.92. The van der Waals surface area contributed by atoms with Crippen LogP contribution in [0.5, 0.6) is 0 Å². The molecule has 0 atom stereocenters. The molecule has 0 radical (unpaired) electrons. The van der Waals surface area contributed by atoms with Crippen LogP contribution < -0.4 is 0 Å². The zero-order valence-corrected chi connectivity index (χ0v) is 9.71. The number of nitrogens with one attached hydrogen (secondary N) is 1. The highest BCUT2D eigenvalue weighted by Crippen LogP contribution is 2.39. The predicted molar refractivity (Wildman–Crippen MR) is 62.2 cm³/mol. The van der Waals surface area contributed by atoms with Gasteiger partial charge in [-0.1, -0.05) is 0 Å². The highest BCUT2D eigenvalue weighted by Gasteiger charge is 2.39. The lowest BCUT2D eigenvalue weighted by Gasteiger charge is -2.20.